The van der Waals surface area contributed by atoms with Gasteiger partial charge in [-0.05, 0) is 89.9 Å². The number of carbonyl (C=O) groups excluding carboxylic acids is 2. The molecule has 1 amide bonds. The second-order valence-electron chi connectivity index (χ2n) is 19.3. The van der Waals surface area contributed by atoms with Crippen LogP contribution < -0.4 is 5.32 Å². The van der Waals surface area contributed by atoms with Gasteiger partial charge in [0.15, 0.2) is 0 Å². The Balaban J connectivity index is 3.55. The number of rotatable bonds is 52. The Morgan fingerprint density at radius 1 is 0.431 bits per heavy atom. The fourth-order valence-corrected chi connectivity index (χ4v) is 8.42. The molecule has 380 valence electrons. The summed E-state index contributed by atoms with van der Waals surface area (Å²) in [4.78, 5) is 24.5. The van der Waals surface area contributed by atoms with E-state index in [0.717, 1.165) is 83.5 Å². The standard InChI is InChI=1S/C59H109NO5/c1-3-5-7-9-11-13-15-17-19-20-21-22-23-25-27-31-35-39-43-47-51-57(62)56(55-61)60-58(63)52-48-44-40-36-32-28-26-30-34-38-42-46-50-54-65-59(64)53-49-45-41-37-33-29-24-18-16-14-12-10-8-6-4-2/h12,14,18,24,28,32,47,51,56-57,61-62H,3-11,13,15-17,19-23,25-27,29-31,33-46,48-50,52-55H2,1-2H3,(H,60,63)/b14-12-,24-18-,32-28-,51-47+. The lowest BCUT2D eigenvalue weighted by molar-refractivity contribution is -0.143. The first-order valence-corrected chi connectivity index (χ1v) is 28.4. The third kappa shape index (κ3) is 51.1. The molecular weight excluding hydrogens is 803 g/mol. The molecule has 2 atom stereocenters. The van der Waals surface area contributed by atoms with E-state index in [1.807, 2.05) is 6.08 Å². The van der Waals surface area contributed by atoms with Gasteiger partial charge in [0.1, 0.15) is 0 Å². The van der Waals surface area contributed by atoms with E-state index in [9.17, 15) is 19.8 Å². The smallest absolute Gasteiger partial charge is 0.305 e. The van der Waals surface area contributed by atoms with Crippen molar-refractivity contribution in [2.45, 2.75) is 302 Å². The molecule has 0 saturated carbocycles. The minimum Gasteiger partial charge on any atom is -0.466 e. The third-order valence-electron chi connectivity index (χ3n) is 12.8. The molecule has 65 heavy (non-hydrogen) atoms. The van der Waals surface area contributed by atoms with Crippen molar-refractivity contribution in [1.29, 1.82) is 0 Å². The van der Waals surface area contributed by atoms with Gasteiger partial charge in [-0.1, -0.05) is 236 Å². The van der Waals surface area contributed by atoms with Crippen LogP contribution in [0.25, 0.3) is 0 Å². The van der Waals surface area contributed by atoms with Crippen LogP contribution in [0.3, 0.4) is 0 Å². The zero-order valence-corrected chi connectivity index (χ0v) is 43.2. The Morgan fingerprint density at radius 3 is 1.23 bits per heavy atom. The Labute approximate surface area is 404 Å². The third-order valence-corrected chi connectivity index (χ3v) is 12.8. The molecule has 0 aromatic carbocycles. The van der Waals surface area contributed by atoms with E-state index in [1.54, 1.807) is 6.08 Å². The monoisotopic (exact) mass is 912 g/mol. The first kappa shape index (κ1) is 62.8. The largest absolute Gasteiger partial charge is 0.466 e. The molecule has 0 aromatic heterocycles. The second kappa shape index (κ2) is 54.4. The molecule has 0 aromatic rings. The molecule has 0 heterocycles. The van der Waals surface area contributed by atoms with Crippen molar-refractivity contribution in [2.75, 3.05) is 13.2 Å². The summed E-state index contributed by atoms with van der Waals surface area (Å²) < 4.78 is 5.45. The van der Waals surface area contributed by atoms with E-state index < -0.39 is 12.1 Å². The van der Waals surface area contributed by atoms with E-state index in [-0.39, 0.29) is 18.5 Å². The van der Waals surface area contributed by atoms with Crippen LogP contribution in [0, 0.1) is 0 Å². The number of esters is 1. The molecule has 0 rings (SSSR count). The lowest BCUT2D eigenvalue weighted by atomic mass is 10.0. The van der Waals surface area contributed by atoms with Crippen LogP contribution in [0.1, 0.15) is 290 Å². The molecule has 0 saturated heterocycles. The first-order valence-electron chi connectivity index (χ1n) is 28.4. The summed E-state index contributed by atoms with van der Waals surface area (Å²) in [7, 11) is 0. The zero-order chi connectivity index (χ0) is 47.2. The lowest BCUT2D eigenvalue weighted by Gasteiger charge is -2.19. The number of unbranched alkanes of at least 4 members (excludes halogenated alkanes) is 35. The highest BCUT2D eigenvalue weighted by molar-refractivity contribution is 5.76. The average Bonchev–Trinajstić information content (AvgIpc) is 3.31. The van der Waals surface area contributed by atoms with Crippen LogP contribution in [-0.2, 0) is 14.3 Å². The number of aliphatic hydroxyl groups excluding tert-OH is 2. The van der Waals surface area contributed by atoms with E-state index in [2.05, 4.69) is 55.6 Å². The summed E-state index contributed by atoms with van der Waals surface area (Å²) in [6.07, 6.45) is 68.4. The molecule has 0 fully saturated rings. The first-order chi connectivity index (χ1) is 32.0. The molecule has 0 radical (unpaired) electrons. The fourth-order valence-electron chi connectivity index (χ4n) is 8.42. The Bertz CT molecular complexity index is 1100. The fraction of sp³-hybridized carbons (Fsp3) is 0.831. The van der Waals surface area contributed by atoms with Crippen molar-refractivity contribution >= 4 is 11.9 Å². The number of hydrogen-bond acceptors (Lipinski definition) is 5. The van der Waals surface area contributed by atoms with Gasteiger partial charge in [-0.2, -0.15) is 0 Å². The molecular formula is C59H109NO5. The number of aliphatic hydroxyl groups is 2. The highest BCUT2D eigenvalue weighted by Gasteiger charge is 2.18. The molecule has 0 bridgehead atoms. The molecule has 0 aliphatic carbocycles. The van der Waals surface area contributed by atoms with Crippen molar-refractivity contribution in [3.05, 3.63) is 48.6 Å². The Kier molecular flexibility index (Phi) is 52.6. The van der Waals surface area contributed by atoms with Gasteiger partial charge < -0.3 is 20.3 Å². The zero-order valence-electron chi connectivity index (χ0n) is 43.2. The van der Waals surface area contributed by atoms with Crippen LogP contribution >= 0.6 is 0 Å². The van der Waals surface area contributed by atoms with Crippen LogP contribution in [-0.4, -0.2) is 47.4 Å². The number of amides is 1. The maximum Gasteiger partial charge on any atom is 0.305 e. The highest BCUT2D eigenvalue weighted by atomic mass is 16.5. The van der Waals surface area contributed by atoms with E-state index >= 15 is 0 Å². The van der Waals surface area contributed by atoms with Crippen molar-refractivity contribution in [2.24, 2.45) is 0 Å². The van der Waals surface area contributed by atoms with Crippen LogP contribution in [0.4, 0.5) is 0 Å². The summed E-state index contributed by atoms with van der Waals surface area (Å²) in [6, 6.07) is -0.650. The maximum absolute atomic E-state index is 12.5. The van der Waals surface area contributed by atoms with E-state index in [4.69, 9.17) is 4.74 Å². The van der Waals surface area contributed by atoms with Gasteiger partial charge in [0, 0.05) is 12.8 Å². The number of hydrogen-bond donors (Lipinski definition) is 3. The van der Waals surface area contributed by atoms with Crippen molar-refractivity contribution in [3.8, 4) is 0 Å². The minimum atomic E-state index is -0.864. The van der Waals surface area contributed by atoms with Crippen LogP contribution in [0.5, 0.6) is 0 Å². The molecule has 0 spiro atoms. The number of nitrogens with one attached hydrogen (secondary N) is 1. The van der Waals surface area contributed by atoms with Gasteiger partial charge >= 0.3 is 5.97 Å². The molecule has 6 nitrogen and oxygen atoms in total. The van der Waals surface area contributed by atoms with Crippen molar-refractivity contribution < 1.29 is 24.5 Å². The van der Waals surface area contributed by atoms with E-state index in [0.29, 0.717) is 19.4 Å². The van der Waals surface area contributed by atoms with Gasteiger partial charge in [0.2, 0.25) is 5.91 Å². The Hall–Kier alpha value is -2.18. The summed E-state index contributed by atoms with van der Waals surface area (Å²) in [6.45, 7) is 4.83. The summed E-state index contributed by atoms with van der Waals surface area (Å²) in [5.41, 5.74) is 0. The number of carbonyl (C=O) groups is 2. The summed E-state index contributed by atoms with van der Waals surface area (Å²) >= 11 is 0. The van der Waals surface area contributed by atoms with Crippen molar-refractivity contribution in [3.63, 3.8) is 0 Å². The summed E-state index contributed by atoms with van der Waals surface area (Å²) in [5.74, 6) is -0.126. The Morgan fingerprint density at radius 2 is 0.769 bits per heavy atom. The minimum absolute atomic E-state index is 0.0283. The average molecular weight is 913 g/mol. The molecule has 3 N–H and O–H groups in total. The van der Waals surface area contributed by atoms with Gasteiger partial charge in [0.25, 0.3) is 0 Å². The lowest BCUT2D eigenvalue weighted by Crippen LogP contribution is -2.45. The van der Waals surface area contributed by atoms with Crippen molar-refractivity contribution in [1.82, 2.24) is 5.32 Å². The highest BCUT2D eigenvalue weighted by Crippen LogP contribution is 2.16. The van der Waals surface area contributed by atoms with Gasteiger partial charge in [-0.25, -0.2) is 0 Å². The molecule has 0 aliphatic heterocycles. The normalized spacial score (nSPS) is 13.0. The number of allylic oxidation sites excluding steroid dienone is 7. The topological polar surface area (TPSA) is 95.9 Å². The van der Waals surface area contributed by atoms with Crippen LogP contribution in [0.15, 0.2) is 48.6 Å². The predicted octanol–water partition coefficient (Wildman–Crippen LogP) is 17.4. The number of ether oxygens (including phenoxy) is 1. The van der Waals surface area contributed by atoms with Gasteiger partial charge in [-0.3, -0.25) is 9.59 Å². The van der Waals surface area contributed by atoms with E-state index in [1.165, 1.54) is 180 Å². The molecule has 6 heteroatoms. The van der Waals surface area contributed by atoms with Gasteiger partial charge in [-0.15, -0.1) is 0 Å². The second-order valence-corrected chi connectivity index (χ2v) is 19.3. The van der Waals surface area contributed by atoms with Crippen LogP contribution in [0.2, 0.25) is 0 Å². The molecule has 2 unspecified atom stereocenters. The SMILES string of the molecule is CCCCC/C=C\C/C=C\CCCCCCCC(=O)OCCCCCCCC/C=C\CCCCCC(=O)NC(CO)C(O)/C=C/CCCCCCCCCCCCCCCCCCCC. The quantitative estimate of drug-likeness (QED) is 0.0321. The molecule has 0 aliphatic rings. The maximum atomic E-state index is 12.5. The van der Waals surface area contributed by atoms with Gasteiger partial charge in [0.05, 0.1) is 25.4 Å². The predicted molar refractivity (Wildman–Crippen MR) is 282 cm³/mol. The summed E-state index contributed by atoms with van der Waals surface area (Å²) in [5, 5.41) is 23.1.